The molecule has 6 heteroatoms. The first-order chi connectivity index (χ1) is 8.06. The van der Waals surface area contributed by atoms with E-state index >= 15 is 0 Å². The van der Waals surface area contributed by atoms with E-state index in [0.717, 1.165) is 0 Å². The molecule has 1 heterocycles. The van der Waals surface area contributed by atoms with Gasteiger partial charge in [-0.15, -0.1) is 0 Å². The molecule has 0 bridgehead atoms. The van der Waals surface area contributed by atoms with Gasteiger partial charge in [-0.25, -0.2) is 9.37 Å². The van der Waals surface area contributed by atoms with E-state index in [1.807, 2.05) is 13.8 Å². The normalized spacial score (nSPS) is 11.9. The van der Waals surface area contributed by atoms with Crippen LogP contribution in [-0.4, -0.2) is 28.6 Å². The van der Waals surface area contributed by atoms with Gasteiger partial charge in [0.15, 0.2) is 11.6 Å². The summed E-state index contributed by atoms with van der Waals surface area (Å²) >= 11 is 0. The van der Waals surface area contributed by atoms with Gasteiger partial charge in [-0.2, -0.15) is 0 Å². The van der Waals surface area contributed by atoms with Crippen LogP contribution >= 0.6 is 0 Å². The van der Waals surface area contributed by atoms with E-state index in [9.17, 15) is 4.39 Å². The Bertz CT molecular complexity index is 395. The third-order valence-corrected chi connectivity index (χ3v) is 2.37. The molecule has 5 nitrogen and oxygen atoms in total. The first-order valence-corrected chi connectivity index (χ1v) is 5.39. The molecule has 0 spiro atoms. The van der Waals surface area contributed by atoms with Crippen LogP contribution in [0.3, 0.4) is 0 Å². The Kier molecular flexibility index (Phi) is 4.68. The molecule has 0 atom stereocenters. The summed E-state index contributed by atoms with van der Waals surface area (Å²) < 4.78 is 13.6. The van der Waals surface area contributed by atoms with Crippen LogP contribution in [0.5, 0.6) is 0 Å². The molecule has 0 aliphatic rings. The number of hydrogen-bond donors (Lipinski definition) is 2. The summed E-state index contributed by atoms with van der Waals surface area (Å²) in [5.74, 6) is 0.0286. The number of pyridine rings is 1. The number of rotatable bonds is 5. The highest BCUT2D eigenvalue weighted by Gasteiger charge is 2.16. The van der Waals surface area contributed by atoms with E-state index in [1.165, 1.54) is 12.3 Å². The number of halogens is 1. The molecule has 17 heavy (non-hydrogen) atoms. The number of hydrogen-bond acceptors (Lipinski definition) is 4. The fraction of sp³-hybridized carbons (Fsp3) is 0.455. The number of oxime groups is 1. The zero-order chi connectivity index (χ0) is 12.8. The van der Waals surface area contributed by atoms with Crippen LogP contribution in [0.25, 0.3) is 0 Å². The van der Waals surface area contributed by atoms with Crippen molar-refractivity contribution in [3.63, 3.8) is 0 Å². The average Bonchev–Trinajstić information content (AvgIpc) is 2.30. The first kappa shape index (κ1) is 13.2. The van der Waals surface area contributed by atoms with E-state index < -0.39 is 0 Å². The minimum atomic E-state index is -0.374. The molecule has 0 aromatic carbocycles. The molecule has 1 aromatic heterocycles. The van der Waals surface area contributed by atoms with Gasteiger partial charge < -0.3 is 15.8 Å². The Morgan fingerprint density at radius 2 is 2.35 bits per heavy atom. The van der Waals surface area contributed by atoms with Gasteiger partial charge in [0.2, 0.25) is 0 Å². The van der Waals surface area contributed by atoms with Gasteiger partial charge in [0.05, 0.1) is 0 Å². The maximum Gasteiger partial charge on any atom is 0.165 e. The highest BCUT2D eigenvalue weighted by molar-refractivity contribution is 5.80. The SMILES string of the molecule is CC(C)N(CCC(N)=NO)c1ncccc1F. The second kappa shape index (κ2) is 6.03. The van der Waals surface area contributed by atoms with Gasteiger partial charge in [-0.05, 0) is 26.0 Å². The van der Waals surface area contributed by atoms with Crippen molar-refractivity contribution in [1.82, 2.24) is 4.98 Å². The van der Waals surface area contributed by atoms with E-state index in [0.29, 0.717) is 13.0 Å². The van der Waals surface area contributed by atoms with Crippen LogP contribution in [0.1, 0.15) is 20.3 Å². The Morgan fingerprint density at radius 1 is 1.65 bits per heavy atom. The summed E-state index contributed by atoms with van der Waals surface area (Å²) in [6.07, 6.45) is 1.89. The third kappa shape index (κ3) is 3.58. The third-order valence-electron chi connectivity index (χ3n) is 2.37. The molecule has 94 valence electrons. The monoisotopic (exact) mass is 240 g/mol. The topological polar surface area (TPSA) is 74.7 Å². The maximum absolute atomic E-state index is 13.6. The number of aromatic nitrogens is 1. The van der Waals surface area contributed by atoms with Crippen LogP contribution < -0.4 is 10.6 Å². The van der Waals surface area contributed by atoms with Gasteiger partial charge in [0.1, 0.15) is 5.84 Å². The molecule has 0 amide bonds. The van der Waals surface area contributed by atoms with Gasteiger partial charge in [0.25, 0.3) is 0 Å². The molecule has 0 radical (unpaired) electrons. The van der Waals surface area contributed by atoms with Crippen LogP contribution in [-0.2, 0) is 0 Å². The Labute approximate surface area is 99.7 Å². The first-order valence-electron chi connectivity index (χ1n) is 5.39. The molecule has 0 aliphatic heterocycles. The zero-order valence-corrected chi connectivity index (χ0v) is 9.97. The minimum absolute atomic E-state index is 0.0749. The van der Waals surface area contributed by atoms with Gasteiger partial charge in [-0.3, -0.25) is 0 Å². The molecule has 1 aromatic rings. The van der Waals surface area contributed by atoms with Crippen LogP contribution in [0.2, 0.25) is 0 Å². The summed E-state index contributed by atoms with van der Waals surface area (Å²) in [7, 11) is 0. The molecule has 1 rings (SSSR count). The highest BCUT2D eigenvalue weighted by atomic mass is 19.1. The average molecular weight is 240 g/mol. The van der Waals surface area contributed by atoms with E-state index in [-0.39, 0.29) is 23.5 Å². The second-order valence-electron chi connectivity index (χ2n) is 3.94. The molecular weight excluding hydrogens is 223 g/mol. The molecule has 3 N–H and O–H groups in total. The number of nitrogens with two attached hydrogens (primary N) is 1. The predicted octanol–water partition coefficient (Wildman–Crippen LogP) is 1.57. The van der Waals surface area contributed by atoms with E-state index in [4.69, 9.17) is 10.9 Å². The van der Waals surface area contributed by atoms with Crippen molar-refractivity contribution in [2.24, 2.45) is 10.9 Å². The van der Waals surface area contributed by atoms with Crippen LogP contribution in [0.15, 0.2) is 23.5 Å². The lowest BCUT2D eigenvalue weighted by Gasteiger charge is -2.27. The fourth-order valence-electron chi connectivity index (χ4n) is 1.48. The van der Waals surface area contributed by atoms with Crippen molar-refractivity contribution in [3.8, 4) is 0 Å². The van der Waals surface area contributed by atoms with Crippen molar-refractivity contribution in [2.45, 2.75) is 26.3 Å². The van der Waals surface area contributed by atoms with E-state index in [2.05, 4.69) is 10.1 Å². The van der Waals surface area contributed by atoms with Crippen molar-refractivity contribution in [1.29, 1.82) is 0 Å². The van der Waals surface area contributed by atoms with Crippen molar-refractivity contribution >= 4 is 11.7 Å². The summed E-state index contributed by atoms with van der Waals surface area (Å²) in [5.41, 5.74) is 5.40. The number of anilines is 1. The lowest BCUT2D eigenvalue weighted by atomic mass is 10.2. The Hall–Kier alpha value is -1.85. The molecule has 0 unspecified atom stereocenters. The largest absolute Gasteiger partial charge is 0.409 e. The Morgan fingerprint density at radius 3 is 2.88 bits per heavy atom. The molecule has 0 saturated heterocycles. The smallest absolute Gasteiger partial charge is 0.165 e. The molecule has 0 aliphatic carbocycles. The van der Waals surface area contributed by atoms with Crippen LogP contribution in [0.4, 0.5) is 10.2 Å². The molecule has 0 fully saturated rings. The Balaban J connectivity index is 2.83. The summed E-state index contributed by atoms with van der Waals surface area (Å²) in [4.78, 5) is 5.78. The lowest BCUT2D eigenvalue weighted by Crippen LogP contribution is -2.35. The minimum Gasteiger partial charge on any atom is -0.409 e. The standard InChI is InChI=1S/C11H17FN4O/c1-8(2)16(7-5-10(13)15-17)11-9(12)4-3-6-14-11/h3-4,6,8,17H,5,7H2,1-2H3,(H2,13,15). The van der Waals surface area contributed by atoms with Crippen LogP contribution in [0, 0.1) is 5.82 Å². The number of amidine groups is 1. The lowest BCUT2D eigenvalue weighted by molar-refractivity contribution is 0.317. The van der Waals surface area contributed by atoms with Gasteiger partial charge in [-0.1, -0.05) is 5.16 Å². The number of nitrogens with zero attached hydrogens (tertiary/aromatic N) is 3. The van der Waals surface area contributed by atoms with Crippen molar-refractivity contribution in [3.05, 3.63) is 24.1 Å². The van der Waals surface area contributed by atoms with Crippen molar-refractivity contribution in [2.75, 3.05) is 11.4 Å². The van der Waals surface area contributed by atoms with E-state index in [1.54, 1.807) is 11.0 Å². The maximum atomic E-state index is 13.6. The van der Waals surface area contributed by atoms with Gasteiger partial charge in [0, 0.05) is 25.2 Å². The fourth-order valence-corrected chi connectivity index (χ4v) is 1.48. The van der Waals surface area contributed by atoms with Crippen molar-refractivity contribution < 1.29 is 9.60 Å². The predicted molar refractivity (Wildman–Crippen MR) is 64.7 cm³/mol. The van der Waals surface area contributed by atoms with Gasteiger partial charge >= 0.3 is 0 Å². The molecule has 0 saturated carbocycles. The second-order valence-corrected chi connectivity index (χ2v) is 3.94. The summed E-state index contributed by atoms with van der Waals surface area (Å²) in [5, 5.41) is 11.4. The summed E-state index contributed by atoms with van der Waals surface area (Å²) in [6, 6.07) is 2.98. The zero-order valence-electron chi connectivity index (χ0n) is 9.97. The summed E-state index contributed by atoms with van der Waals surface area (Å²) in [6.45, 7) is 4.31. The highest BCUT2D eigenvalue weighted by Crippen LogP contribution is 2.17. The quantitative estimate of drug-likeness (QED) is 0.354. The molecular formula is C11H17FN4O.